The molecule has 1 saturated carbocycles. The number of hydrogen-bond acceptors (Lipinski definition) is 5. The maximum atomic E-state index is 14.3. The maximum Gasteiger partial charge on any atom is 0.246 e. The number of carbonyl (C=O) groups excluding carboxylic acids is 3. The Hall–Kier alpha value is -3.20. The molecule has 6 rings (SSSR count). The lowest BCUT2D eigenvalue weighted by Crippen LogP contribution is -2.58. The number of nitrogens with zero attached hydrogens (tertiary/aromatic N) is 2. The molecule has 3 heterocycles. The van der Waals surface area contributed by atoms with Gasteiger partial charge in [0.1, 0.15) is 11.6 Å². The smallest absolute Gasteiger partial charge is 0.246 e. The van der Waals surface area contributed by atoms with E-state index in [0.29, 0.717) is 35.6 Å². The summed E-state index contributed by atoms with van der Waals surface area (Å²) in [6.07, 6.45) is 6.26. The van der Waals surface area contributed by atoms with Crippen molar-refractivity contribution in [2.45, 2.75) is 63.4 Å². The Kier molecular flexibility index (Phi) is 8.37. The van der Waals surface area contributed by atoms with Crippen LogP contribution in [0.2, 0.25) is 5.02 Å². The third-order valence-corrected chi connectivity index (χ3v) is 10.3. The molecule has 0 radical (unpaired) electrons. The third-order valence-electron chi connectivity index (χ3n) is 10.1. The van der Waals surface area contributed by atoms with E-state index in [4.69, 9.17) is 16.3 Å². The van der Waals surface area contributed by atoms with E-state index in [1.807, 2.05) is 37.4 Å². The summed E-state index contributed by atoms with van der Waals surface area (Å²) in [6, 6.07) is 16.3. The molecular formula is C34H41ClN4O4. The second-order valence-corrected chi connectivity index (χ2v) is 13.3. The fraction of sp³-hybridized carbons (Fsp3) is 0.500. The zero-order valence-corrected chi connectivity index (χ0v) is 25.8. The molecule has 3 amide bonds. The minimum atomic E-state index is -1.19. The number of halogens is 1. The molecule has 2 aromatic rings. The van der Waals surface area contributed by atoms with E-state index in [1.54, 1.807) is 29.2 Å². The van der Waals surface area contributed by atoms with Gasteiger partial charge in [0.2, 0.25) is 17.7 Å². The lowest BCUT2D eigenvalue weighted by molar-refractivity contribution is -0.141. The summed E-state index contributed by atoms with van der Waals surface area (Å²) < 4.78 is 6.52. The SMILES string of the molecule is CC1CCCC(NC(=O)C2N(CCN(C)Cc3ccccc3)C(=O)C3C(C(=O)Nc4cccc(Cl)c4)C4C=CC32O4)C1C. The normalized spacial score (nSPS) is 32.7. The van der Waals surface area contributed by atoms with Crippen LogP contribution in [0.4, 0.5) is 5.69 Å². The highest BCUT2D eigenvalue weighted by Crippen LogP contribution is 2.55. The van der Waals surface area contributed by atoms with Gasteiger partial charge >= 0.3 is 0 Å². The van der Waals surface area contributed by atoms with Crippen molar-refractivity contribution in [1.82, 2.24) is 15.1 Å². The van der Waals surface area contributed by atoms with Gasteiger partial charge in [-0.2, -0.15) is 0 Å². The van der Waals surface area contributed by atoms with Crippen LogP contribution in [-0.2, 0) is 25.7 Å². The number of likely N-dealkylation sites (N-methyl/N-ethyl adjacent to an activating group) is 1. The van der Waals surface area contributed by atoms with Gasteiger partial charge in [-0.3, -0.25) is 14.4 Å². The van der Waals surface area contributed by atoms with Crippen molar-refractivity contribution in [1.29, 1.82) is 0 Å². The molecule has 0 aromatic heterocycles. The summed E-state index contributed by atoms with van der Waals surface area (Å²) in [6.45, 7) is 6.06. The number of likely N-dealkylation sites (tertiary alicyclic amines) is 1. The van der Waals surface area contributed by atoms with Crippen LogP contribution in [0.3, 0.4) is 0 Å². The second kappa shape index (κ2) is 12.1. The van der Waals surface area contributed by atoms with Crippen LogP contribution < -0.4 is 10.6 Å². The average molecular weight is 605 g/mol. The Bertz CT molecular complexity index is 1400. The Morgan fingerprint density at radius 1 is 1.09 bits per heavy atom. The highest BCUT2D eigenvalue weighted by molar-refractivity contribution is 6.30. The van der Waals surface area contributed by atoms with Gasteiger partial charge in [-0.05, 0) is 49.1 Å². The Balaban J connectivity index is 1.26. The number of rotatable bonds is 9. The molecular weight excluding hydrogens is 564 g/mol. The summed E-state index contributed by atoms with van der Waals surface area (Å²) in [5.41, 5.74) is 0.535. The number of fused-ring (bicyclic) bond motifs is 1. The predicted molar refractivity (Wildman–Crippen MR) is 166 cm³/mol. The fourth-order valence-electron chi connectivity index (χ4n) is 7.60. The summed E-state index contributed by atoms with van der Waals surface area (Å²) in [5, 5.41) is 6.76. The van der Waals surface area contributed by atoms with Gasteiger partial charge in [0.05, 0.1) is 17.9 Å². The van der Waals surface area contributed by atoms with Crippen LogP contribution in [0.15, 0.2) is 66.7 Å². The number of hydrogen-bond donors (Lipinski definition) is 2. The molecule has 1 spiro atoms. The first kappa shape index (κ1) is 29.9. The van der Waals surface area contributed by atoms with E-state index in [2.05, 4.69) is 41.5 Å². The molecule has 3 aliphatic heterocycles. The topological polar surface area (TPSA) is 91.0 Å². The predicted octanol–water partition coefficient (Wildman–Crippen LogP) is 4.50. The van der Waals surface area contributed by atoms with E-state index in [1.165, 1.54) is 5.56 Å². The first-order valence-electron chi connectivity index (χ1n) is 15.4. The van der Waals surface area contributed by atoms with Gasteiger partial charge < -0.3 is 25.2 Å². The van der Waals surface area contributed by atoms with Gasteiger partial charge in [0, 0.05) is 36.4 Å². The lowest BCUT2D eigenvalue weighted by Gasteiger charge is -2.38. The highest BCUT2D eigenvalue weighted by atomic mass is 35.5. The van der Waals surface area contributed by atoms with Crippen LogP contribution in [0.5, 0.6) is 0 Å². The fourth-order valence-corrected chi connectivity index (χ4v) is 7.79. The van der Waals surface area contributed by atoms with Crippen molar-refractivity contribution in [2.24, 2.45) is 23.7 Å². The summed E-state index contributed by atoms with van der Waals surface area (Å²) in [5.74, 6) is -1.43. The molecule has 2 bridgehead atoms. The molecule has 2 aromatic carbocycles. The van der Waals surface area contributed by atoms with E-state index in [0.717, 1.165) is 25.8 Å². The van der Waals surface area contributed by atoms with Gasteiger partial charge in [-0.15, -0.1) is 0 Å². The standard InChI is InChI=1S/C34H41ClN4O4/c1-21-9-7-14-26(22(21)2)37-32(41)30-34-16-15-27(43-34)28(31(40)36-25-13-8-12-24(35)19-25)29(34)33(42)39(30)18-17-38(3)20-23-10-5-4-6-11-23/h4-6,8,10-13,15-16,19,21-22,26-30H,7,9,14,17-18,20H2,1-3H3,(H,36,40)(H,37,41). The summed E-state index contributed by atoms with van der Waals surface area (Å²) >= 11 is 6.15. The zero-order chi connectivity index (χ0) is 30.3. The van der Waals surface area contributed by atoms with Crippen molar-refractivity contribution in [2.75, 3.05) is 25.5 Å². The largest absolute Gasteiger partial charge is 0.359 e. The first-order chi connectivity index (χ1) is 20.7. The number of nitrogens with one attached hydrogen (secondary N) is 2. The molecule has 9 heteroatoms. The lowest BCUT2D eigenvalue weighted by atomic mass is 9.73. The molecule has 3 fully saturated rings. The molecule has 8 unspecified atom stereocenters. The Morgan fingerprint density at radius 2 is 1.88 bits per heavy atom. The monoisotopic (exact) mass is 604 g/mol. The molecule has 1 aliphatic carbocycles. The summed E-state index contributed by atoms with van der Waals surface area (Å²) in [4.78, 5) is 46.1. The van der Waals surface area contributed by atoms with Gasteiger partial charge in [0.25, 0.3) is 0 Å². The van der Waals surface area contributed by atoms with Crippen molar-refractivity contribution in [3.05, 3.63) is 77.3 Å². The quantitative estimate of drug-likeness (QED) is 0.411. The van der Waals surface area contributed by atoms with Gasteiger partial charge in [-0.25, -0.2) is 0 Å². The van der Waals surface area contributed by atoms with E-state index >= 15 is 0 Å². The molecule has 8 atom stereocenters. The number of ether oxygens (including phenoxy) is 1. The van der Waals surface area contributed by atoms with Gasteiger partial charge in [0.15, 0.2) is 0 Å². The van der Waals surface area contributed by atoms with Crippen LogP contribution in [0, 0.1) is 23.7 Å². The first-order valence-corrected chi connectivity index (χ1v) is 15.8. The zero-order valence-electron chi connectivity index (χ0n) is 25.0. The second-order valence-electron chi connectivity index (χ2n) is 12.8. The minimum Gasteiger partial charge on any atom is -0.359 e. The van der Waals surface area contributed by atoms with Crippen LogP contribution in [0.1, 0.15) is 38.7 Å². The maximum absolute atomic E-state index is 14.3. The van der Waals surface area contributed by atoms with Gasteiger partial charge in [-0.1, -0.05) is 86.8 Å². The van der Waals surface area contributed by atoms with Crippen molar-refractivity contribution >= 4 is 35.0 Å². The number of anilines is 1. The number of benzene rings is 2. The average Bonchev–Trinajstić information content (AvgIpc) is 3.62. The minimum absolute atomic E-state index is 0.0360. The van der Waals surface area contributed by atoms with Crippen molar-refractivity contribution in [3.63, 3.8) is 0 Å². The highest BCUT2D eigenvalue weighted by Gasteiger charge is 2.72. The van der Waals surface area contributed by atoms with Crippen molar-refractivity contribution < 1.29 is 19.1 Å². The molecule has 2 N–H and O–H groups in total. The van der Waals surface area contributed by atoms with E-state index in [-0.39, 0.29) is 23.8 Å². The van der Waals surface area contributed by atoms with Crippen LogP contribution in [-0.4, -0.2) is 71.4 Å². The van der Waals surface area contributed by atoms with E-state index < -0.39 is 29.6 Å². The van der Waals surface area contributed by atoms with Crippen LogP contribution in [0.25, 0.3) is 0 Å². The molecule has 228 valence electrons. The third kappa shape index (κ3) is 5.61. The van der Waals surface area contributed by atoms with Crippen molar-refractivity contribution in [3.8, 4) is 0 Å². The number of amides is 3. The summed E-state index contributed by atoms with van der Waals surface area (Å²) in [7, 11) is 2.01. The molecule has 2 saturated heterocycles. The molecule has 4 aliphatic rings. The van der Waals surface area contributed by atoms with E-state index in [9.17, 15) is 14.4 Å². The molecule has 8 nitrogen and oxygen atoms in total. The Morgan fingerprint density at radius 3 is 2.65 bits per heavy atom. The van der Waals surface area contributed by atoms with Crippen LogP contribution >= 0.6 is 11.6 Å². The number of carbonyl (C=O) groups is 3. The molecule has 43 heavy (non-hydrogen) atoms. The Labute approximate surface area is 258 Å².